The number of thioether (sulfide) groups is 4. The van der Waals surface area contributed by atoms with Crippen LogP contribution in [0, 0.1) is 34.6 Å². The highest BCUT2D eigenvalue weighted by atomic mass is 32.2. The Morgan fingerprint density at radius 3 is 1.08 bits per heavy atom. The number of aromatic amines is 4. The molecule has 0 radical (unpaired) electrons. The average Bonchev–Trinajstić information content (AvgIpc) is 3.46. The Labute approximate surface area is 517 Å². The van der Waals surface area contributed by atoms with Crippen LogP contribution in [0.4, 0.5) is 43.3 Å². The van der Waals surface area contributed by atoms with Gasteiger partial charge in [0.1, 0.15) is 17.5 Å². The van der Waals surface area contributed by atoms with E-state index in [0.717, 1.165) is 39.5 Å². The van der Waals surface area contributed by atoms with Gasteiger partial charge in [-0.1, -0.05) is 109 Å². The molecule has 0 aliphatic carbocycles. The molecule has 0 saturated carbocycles. The lowest BCUT2D eigenvalue weighted by Crippen LogP contribution is -2.12. The van der Waals surface area contributed by atoms with E-state index >= 15 is 0 Å². The van der Waals surface area contributed by atoms with E-state index in [1.165, 1.54) is 81.4 Å². The van der Waals surface area contributed by atoms with Crippen LogP contribution in [0.25, 0.3) is 22.6 Å². The SMILES string of the molecule is CCSc1nsc(N=Nc2c(C)[nH]n3nc(C)nc23)n1.CSc1nsc(N=Nc2c(C(C)(C)C)[nH]n3nc(C(C)C)nc23)n1.CSc1nsc(N=Nc2c(C(C)(C)C)[nH]n3nc(C)nc23)n1.CSc1nsc(N=Nc2c(C)[nH]n3nc(C)nc23)n1. The third-order valence-electron chi connectivity index (χ3n) is 11.1. The first-order valence-electron chi connectivity index (χ1n) is 25.6. The van der Waals surface area contributed by atoms with Crippen LogP contribution in [0.1, 0.15) is 114 Å². The highest BCUT2D eigenvalue weighted by Crippen LogP contribution is 2.38. The molecule has 0 bridgehead atoms. The maximum Gasteiger partial charge on any atom is 0.250 e. The van der Waals surface area contributed by atoms with Gasteiger partial charge in [0, 0.05) is 62.9 Å². The second kappa shape index (κ2) is 26.6. The van der Waals surface area contributed by atoms with Crippen molar-refractivity contribution in [3.8, 4) is 0 Å². The first kappa shape index (κ1) is 62.3. The monoisotopic (exact) mass is 1300 g/mol. The first-order chi connectivity index (χ1) is 40.5. The minimum atomic E-state index is -0.139. The number of rotatable bonds is 14. The Morgan fingerprint density at radius 2 is 0.741 bits per heavy atom. The van der Waals surface area contributed by atoms with Gasteiger partial charge in [-0.05, 0) is 59.1 Å². The van der Waals surface area contributed by atoms with E-state index in [9.17, 15) is 0 Å². The van der Waals surface area contributed by atoms with Crippen molar-refractivity contribution in [1.82, 2.24) is 117 Å². The summed E-state index contributed by atoms with van der Waals surface area (Å²) in [6.45, 7) is 28.1. The van der Waals surface area contributed by atoms with E-state index in [4.69, 9.17) is 0 Å². The molecule has 446 valence electrons. The first-order valence-corrected chi connectivity index (χ1v) is 33.3. The number of fused-ring (bicyclic) bond motifs is 4. The lowest BCUT2D eigenvalue weighted by molar-refractivity contribution is 0.555. The zero-order valence-electron chi connectivity index (χ0n) is 49.1. The molecule has 0 fully saturated rings. The summed E-state index contributed by atoms with van der Waals surface area (Å²) >= 11 is 10.9. The van der Waals surface area contributed by atoms with Gasteiger partial charge >= 0.3 is 0 Å². The Balaban J connectivity index is 0.000000136. The number of hydrogen-bond donors (Lipinski definition) is 4. The highest BCUT2D eigenvalue weighted by Gasteiger charge is 2.27. The summed E-state index contributed by atoms with van der Waals surface area (Å²) in [5, 5.41) is 68.7. The largest absolute Gasteiger partial charge is 0.278 e. The van der Waals surface area contributed by atoms with Crippen molar-refractivity contribution in [2.75, 3.05) is 24.5 Å². The molecule has 0 atom stereocenters. The minimum Gasteiger partial charge on any atom is -0.278 e. The lowest BCUT2D eigenvalue weighted by Gasteiger charge is -2.16. The molecule has 32 nitrogen and oxygen atoms in total. The van der Waals surface area contributed by atoms with Gasteiger partial charge in [-0.25, -0.2) is 19.9 Å². The van der Waals surface area contributed by atoms with Crippen LogP contribution in [0.3, 0.4) is 0 Å². The van der Waals surface area contributed by atoms with Gasteiger partial charge in [0.2, 0.25) is 63.7 Å². The number of nitrogens with one attached hydrogen (secondary N) is 4. The third-order valence-corrected chi connectivity index (χ3v) is 16.4. The molecule has 0 aliphatic heterocycles. The molecule has 4 N–H and O–H groups in total. The Bertz CT molecular complexity index is 4330. The molecule has 0 unspecified atom stereocenters. The standard InChI is InChI=1S/C14H20N8S2.C12H16N8S2.C10H12N8S2.C9H10N8S2/c1-7(2)10-15-11-8(9(14(3,4)5)19-22(11)20-10)17-18-12-16-13(23-6)21-24-12;1-6-13-9-7(8(12(2,3)4)18-20(9)17-6)15-16-10-14-11(21-5)19-22-10;1-4-19-10-12-9(20-17-10)14-13-7-5(2)15-18-8(7)11-6(3)16-18;1-4-6(7-10-5(2)15-17(7)14-4)12-13-8-11-9(18-3)16-19-8/h7,19H,1-6H3;18H,1-5H3;15H,4H2,1-3H3;14H,1-3H3. The summed E-state index contributed by atoms with van der Waals surface area (Å²) in [7, 11) is 0. The van der Waals surface area contributed by atoms with Crippen molar-refractivity contribution in [2.45, 2.75) is 134 Å². The quantitative estimate of drug-likeness (QED) is 0.0580. The molecule has 0 amide bonds. The molecule has 12 rings (SSSR count). The second-order valence-corrected chi connectivity index (χ2v) is 26.6. The molecule has 85 heavy (non-hydrogen) atoms. The van der Waals surface area contributed by atoms with Gasteiger partial charge in [0.05, 0.1) is 22.8 Å². The Hall–Kier alpha value is -7.24. The Morgan fingerprint density at radius 1 is 0.424 bits per heavy atom. The number of H-pyrrole nitrogens is 4. The summed E-state index contributed by atoms with van der Waals surface area (Å²) in [6, 6.07) is 0. The summed E-state index contributed by atoms with van der Waals surface area (Å²) in [5.74, 6) is 4.01. The third kappa shape index (κ3) is 14.9. The van der Waals surface area contributed by atoms with Crippen LogP contribution in [0.2, 0.25) is 0 Å². The van der Waals surface area contributed by atoms with Gasteiger partial charge in [-0.2, -0.15) is 56.0 Å². The molecular weight excluding hydrogens is 1250 g/mol. The fourth-order valence-corrected chi connectivity index (χ4v) is 11.6. The number of nitrogens with zero attached hydrogens (tertiary/aromatic N) is 28. The van der Waals surface area contributed by atoms with Crippen LogP contribution >= 0.6 is 93.2 Å². The van der Waals surface area contributed by atoms with Crippen molar-refractivity contribution >= 4 is 159 Å². The van der Waals surface area contributed by atoms with E-state index in [-0.39, 0.29) is 16.7 Å². The molecule has 0 saturated heterocycles. The molecular formula is C45H58N32S8. The smallest absolute Gasteiger partial charge is 0.250 e. The van der Waals surface area contributed by atoms with Crippen molar-refractivity contribution < 1.29 is 0 Å². The van der Waals surface area contributed by atoms with E-state index in [1.807, 2.05) is 53.4 Å². The average molecular weight is 1300 g/mol. The summed E-state index contributed by atoms with van der Waals surface area (Å²) in [6.07, 6.45) is 5.77. The van der Waals surface area contributed by atoms with Crippen molar-refractivity contribution in [2.24, 2.45) is 40.9 Å². The molecule has 0 aromatic carbocycles. The fourth-order valence-electron chi connectivity index (χ4n) is 7.30. The van der Waals surface area contributed by atoms with E-state index in [1.54, 1.807) is 30.3 Å². The number of hydrogen-bond acceptors (Lipinski definition) is 32. The van der Waals surface area contributed by atoms with Crippen LogP contribution in [0.5, 0.6) is 0 Å². The summed E-state index contributed by atoms with van der Waals surface area (Å²) in [4.78, 5) is 34.7. The zero-order chi connectivity index (χ0) is 60.9. The maximum absolute atomic E-state index is 4.61. The highest BCUT2D eigenvalue weighted by molar-refractivity contribution is 7.99. The molecule has 0 aliphatic rings. The van der Waals surface area contributed by atoms with E-state index in [0.29, 0.717) is 98.8 Å². The number of azo groups is 4. The minimum absolute atomic E-state index is 0.129. The van der Waals surface area contributed by atoms with Crippen molar-refractivity contribution in [3.05, 3.63) is 46.1 Å². The second-order valence-electron chi connectivity index (χ2n) is 20.2. The molecule has 12 aromatic heterocycles. The van der Waals surface area contributed by atoms with Crippen LogP contribution in [-0.4, -0.2) is 141 Å². The van der Waals surface area contributed by atoms with E-state index < -0.39 is 0 Å². The topological polar surface area (TPSA) is 386 Å². The van der Waals surface area contributed by atoms with Crippen LogP contribution in [-0.2, 0) is 10.8 Å². The maximum atomic E-state index is 4.61. The van der Waals surface area contributed by atoms with Gasteiger partial charge < -0.3 is 0 Å². The lowest BCUT2D eigenvalue weighted by atomic mass is 9.91. The van der Waals surface area contributed by atoms with E-state index in [2.05, 4.69) is 201 Å². The fraction of sp³-hybridized carbons (Fsp3) is 0.467. The number of aromatic nitrogens is 24. The normalized spacial score (nSPS) is 12.4. The summed E-state index contributed by atoms with van der Waals surface area (Å²) < 4.78 is 23.2. The Kier molecular flexibility index (Phi) is 19.5. The molecule has 0 spiro atoms. The van der Waals surface area contributed by atoms with Crippen molar-refractivity contribution in [1.29, 1.82) is 0 Å². The number of aryl methyl sites for hydroxylation is 5. The molecule has 12 aromatic rings. The predicted octanol–water partition coefficient (Wildman–Crippen LogP) is 13.8. The zero-order valence-corrected chi connectivity index (χ0v) is 55.6. The predicted molar refractivity (Wildman–Crippen MR) is 333 cm³/mol. The van der Waals surface area contributed by atoms with Gasteiger partial charge in [0.15, 0.2) is 28.6 Å². The van der Waals surface area contributed by atoms with Gasteiger partial charge in [-0.15, -0.1) is 61.3 Å². The van der Waals surface area contributed by atoms with Gasteiger partial charge in [0.25, 0.3) is 0 Å². The van der Waals surface area contributed by atoms with Crippen LogP contribution in [0.15, 0.2) is 61.5 Å². The van der Waals surface area contributed by atoms with Gasteiger partial charge in [-0.3, -0.25) is 20.4 Å². The van der Waals surface area contributed by atoms with Crippen LogP contribution < -0.4 is 0 Å². The molecule has 40 heteroatoms. The summed E-state index contributed by atoms with van der Waals surface area (Å²) in [5.41, 5.74) is 8.71. The van der Waals surface area contributed by atoms with Crippen molar-refractivity contribution in [3.63, 3.8) is 0 Å². The molecule has 12 heterocycles.